The van der Waals surface area contributed by atoms with E-state index in [1.165, 1.54) is 18.0 Å². The molecule has 0 spiro atoms. The third-order valence-corrected chi connectivity index (χ3v) is 8.50. The van der Waals surface area contributed by atoms with E-state index in [4.69, 9.17) is 77.0 Å². The van der Waals surface area contributed by atoms with Crippen molar-refractivity contribution in [1.29, 1.82) is 0 Å². The predicted molar refractivity (Wildman–Crippen MR) is 170 cm³/mol. The first-order valence-corrected chi connectivity index (χ1v) is 15.5. The van der Waals surface area contributed by atoms with Crippen molar-refractivity contribution in [2.45, 2.75) is 51.4 Å². The highest BCUT2D eigenvalue weighted by Gasteiger charge is 2.61. The Morgan fingerprint density at radius 3 is 2.29 bits per heavy atom. The lowest BCUT2D eigenvalue weighted by molar-refractivity contribution is -0.226. The molecule has 240 valence electrons. The third kappa shape index (κ3) is 7.32. The minimum Gasteiger partial charge on any atom is -0.374 e. The van der Waals surface area contributed by atoms with Crippen LogP contribution in [0.4, 0.5) is 10.3 Å². The van der Waals surface area contributed by atoms with Crippen molar-refractivity contribution in [1.82, 2.24) is 19.5 Å². The van der Waals surface area contributed by atoms with E-state index in [2.05, 4.69) is 20.3 Å². The Hall–Kier alpha value is -2.32. The van der Waals surface area contributed by atoms with Crippen molar-refractivity contribution < 1.29 is 28.1 Å². The number of halogens is 6. The number of methoxy groups -OCH3 is 1. The van der Waals surface area contributed by atoms with Gasteiger partial charge < -0.3 is 18.9 Å². The largest absolute Gasteiger partial charge is 0.374 e. The van der Waals surface area contributed by atoms with Crippen LogP contribution in [0.25, 0.3) is 11.2 Å². The average Bonchev–Trinajstić information content (AvgIpc) is 3.52. The van der Waals surface area contributed by atoms with E-state index in [0.717, 1.165) is 0 Å². The summed E-state index contributed by atoms with van der Waals surface area (Å²) in [5, 5.41) is 4.21. The highest BCUT2D eigenvalue weighted by atomic mass is 35.5. The van der Waals surface area contributed by atoms with Crippen LogP contribution < -0.4 is 5.32 Å². The molecule has 45 heavy (non-hydrogen) atoms. The summed E-state index contributed by atoms with van der Waals surface area (Å²) < 4.78 is 42.2. The molecule has 10 nitrogen and oxygen atoms in total. The number of hydrogen-bond donors (Lipinski definition) is 1. The molecule has 0 radical (unpaired) electrons. The number of anilines is 1. The first-order valence-electron chi connectivity index (χ1n) is 13.6. The molecule has 5 rings (SSSR count). The number of aromatic nitrogens is 4. The van der Waals surface area contributed by atoms with E-state index in [0.29, 0.717) is 31.2 Å². The molecule has 0 bridgehead atoms. The van der Waals surface area contributed by atoms with E-state index in [9.17, 15) is 4.79 Å². The van der Waals surface area contributed by atoms with Crippen LogP contribution in [-0.2, 0) is 37.0 Å². The molecule has 4 aromatic rings. The number of carbonyl (C=O) groups excluding carboxylic acids is 1. The van der Waals surface area contributed by atoms with Gasteiger partial charge in [-0.25, -0.2) is 9.37 Å². The second-order valence-electron chi connectivity index (χ2n) is 10.5. The van der Waals surface area contributed by atoms with Crippen LogP contribution in [0.3, 0.4) is 0 Å². The maximum atomic E-state index is 17.1. The van der Waals surface area contributed by atoms with Gasteiger partial charge in [0, 0.05) is 33.1 Å². The van der Waals surface area contributed by atoms with Crippen molar-refractivity contribution in [2.24, 2.45) is 5.92 Å². The molecular formula is C29H27Cl5FN5O5. The summed E-state index contributed by atoms with van der Waals surface area (Å²) in [6, 6.07) is 9.88. The number of alkyl halides is 1. The number of hydrogen-bond acceptors (Lipinski definition) is 8. The highest BCUT2D eigenvalue weighted by Crippen LogP contribution is 2.45. The Labute approximate surface area is 283 Å². The number of carbonyl (C=O) groups is 1. The Kier molecular flexibility index (Phi) is 10.7. The number of amides is 1. The minimum absolute atomic E-state index is 0.0532. The van der Waals surface area contributed by atoms with Crippen molar-refractivity contribution in [3.05, 3.63) is 79.1 Å². The molecule has 4 atom stereocenters. The number of rotatable bonds is 11. The van der Waals surface area contributed by atoms with E-state index in [1.54, 1.807) is 50.2 Å². The van der Waals surface area contributed by atoms with Crippen molar-refractivity contribution >= 4 is 81.0 Å². The number of ether oxygens (including phenoxy) is 4. The summed E-state index contributed by atoms with van der Waals surface area (Å²) in [6.45, 7) is 3.28. The Morgan fingerprint density at radius 1 is 1.04 bits per heavy atom. The predicted octanol–water partition coefficient (Wildman–Crippen LogP) is 7.70. The van der Waals surface area contributed by atoms with Crippen LogP contribution in [0.15, 0.2) is 42.7 Å². The summed E-state index contributed by atoms with van der Waals surface area (Å²) in [6.07, 6.45) is -2.53. The maximum Gasteiger partial charge on any atom is 0.283 e. The number of nitrogens with one attached hydrogen (secondary N) is 1. The van der Waals surface area contributed by atoms with Gasteiger partial charge in [-0.3, -0.25) is 14.7 Å². The summed E-state index contributed by atoms with van der Waals surface area (Å²) in [5.41, 5.74) is 1.48. The van der Waals surface area contributed by atoms with Gasteiger partial charge in [-0.1, -0.05) is 84.0 Å². The lowest BCUT2D eigenvalue weighted by Gasteiger charge is -2.30. The zero-order valence-corrected chi connectivity index (χ0v) is 27.8. The van der Waals surface area contributed by atoms with Gasteiger partial charge in [0.1, 0.15) is 17.7 Å². The monoisotopic (exact) mass is 719 g/mol. The fourth-order valence-electron chi connectivity index (χ4n) is 4.65. The first kappa shape index (κ1) is 34.0. The summed E-state index contributed by atoms with van der Waals surface area (Å²) >= 11 is 31.1. The van der Waals surface area contributed by atoms with E-state index < -0.39 is 24.3 Å². The second kappa shape index (κ2) is 14.2. The van der Waals surface area contributed by atoms with Crippen molar-refractivity contribution in [3.63, 3.8) is 0 Å². The molecule has 1 amide bonds. The van der Waals surface area contributed by atoms with Gasteiger partial charge in [0.2, 0.25) is 11.9 Å². The quantitative estimate of drug-likeness (QED) is 0.157. The number of fused-ring (bicyclic) bond motifs is 1. The fraction of sp³-hybridized carbons (Fsp3) is 0.379. The Bertz CT molecular complexity index is 1710. The van der Waals surface area contributed by atoms with Crippen LogP contribution in [0.5, 0.6) is 0 Å². The Morgan fingerprint density at radius 2 is 1.69 bits per heavy atom. The smallest absolute Gasteiger partial charge is 0.283 e. The van der Waals surface area contributed by atoms with Crippen molar-refractivity contribution in [2.75, 3.05) is 19.0 Å². The molecule has 16 heteroatoms. The number of imidazole rings is 1. The van der Waals surface area contributed by atoms with Gasteiger partial charge in [-0.15, -0.1) is 0 Å². The first-order chi connectivity index (χ1) is 21.4. The summed E-state index contributed by atoms with van der Waals surface area (Å²) in [5.74, 6) is -3.37. The molecular weight excluding hydrogens is 695 g/mol. The minimum atomic E-state index is -2.60. The van der Waals surface area contributed by atoms with E-state index in [-0.39, 0.29) is 53.9 Å². The number of benzene rings is 2. The van der Waals surface area contributed by atoms with Crippen molar-refractivity contribution in [3.8, 4) is 0 Å². The zero-order chi connectivity index (χ0) is 32.5. The normalized spacial score (nSPS) is 21.6. The standard InChI is InChI=1S/C29H27Cl5FN5O5/c1-14(2)26(41)39-28-37-24(34)22-25(38-28)40(13-36-22)27-29(35,42-3)23(44-11-16-5-7-18(31)9-20(16)33)21(45-27)12-43-10-15-4-6-17(30)8-19(15)32/h4-9,13-14,21,23,27H,10-12H2,1-3H3,(H,37,38,39,41)/t21-,23-,27-,29+/m1/s1. The molecule has 0 unspecified atom stereocenters. The molecule has 0 aliphatic carbocycles. The molecule has 1 saturated heterocycles. The van der Waals surface area contributed by atoms with Crippen LogP contribution in [-0.4, -0.2) is 57.2 Å². The fourth-order valence-corrected chi connectivity index (χ4v) is 5.79. The topological polar surface area (TPSA) is 110 Å². The van der Waals surface area contributed by atoms with Gasteiger partial charge in [-0.05, 0) is 35.4 Å². The van der Waals surface area contributed by atoms with Gasteiger partial charge in [-0.2, -0.15) is 9.97 Å². The maximum absolute atomic E-state index is 17.1. The molecule has 1 fully saturated rings. The lowest BCUT2D eigenvalue weighted by Crippen LogP contribution is -2.46. The number of nitrogens with zero attached hydrogens (tertiary/aromatic N) is 4. The van der Waals surface area contributed by atoms with Crippen LogP contribution in [0, 0.1) is 5.92 Å². The summed E-state index contributed by atoms with van der Waals surface area (Å²) in [7, 11) is 1.19. The molecule has 1 N–H and O–H groups in total. The zero-order valence-electron chi connectivity index (χ0n) is 24.1. The second-order valence-corrected chi connectivity index (χ2v) is 12.5. The van der Waals surface area contributed by atoms with Crippen LogP contribution in [0.1, 0.15) is 31.2 Å². The van der Waals surface area contributed by atoms with Crippen LogP contribution in [0.2, 0.25) is 25.2 Å². The van der Waals surface area contributed by atoms with Gasteiger partial charge in [0.25, 0.3) is 5.85 Å². The molecule has 2 aromatic carbocycles. The molecule has 3 heterocycles. The SMILES string of the molecule is CO[C@@]1(F)[C@H](OCc2ccc(Cl)cc2Cl)[C@@H](COCc2ccc(Cl)cc2Cl)O[C@H]1n1cnc2c(Cl)nc(NC(=O)C(C)C)nc21. The van der Waals surface area contributed by atoms with E-state index >= 15 is 4.39 Å². The lowest BCUT2D eigenvalue weighted by atomic mass is 10.1. The Balaban J connectivity index is 1.47. The molecule has 0 saturated carbocycles. The summed E-state index contributed by atoms with van der Waals surface area (Å²) in [4.78, 5) is 25.1. The third-order valence-electron chi connectivity index (χ3n) is 7.06. The van der Waals surface area contributed by atoms with Gasteiger partial charge in [0.05, 0.1) is 26.1 Å². The van der Waals surface area contributed by atoms with Crippen LogP contribution >= 0.6 is 58.0 Å². The molecule has 2 aromatic heterocycles. The van der Waals surface area contributed by atoms with E-state index in [1.807, 2.05) is 0 Å². The highest BCUT2D eigenvalue weighted by molar-refractivity contribution is 6.35. The molecule has 1 aliphatic rings. The average molecular weight is 722 g/mol. The van der Waals surface area contributed by atoms with Gasteiger partial charge >= 0.3 is 0 Å². The van der Waals surface area contributed by atoms with Gasteiger partial charge in [0.15, 0.2) is 17.0 Å². The molecule has 1 aliphatic heterocycles.